The summed E-state index contributed by atoms with van der Waals surface area (Å²) in [6.45, 7) is 9.25. The highest BCUT2D eigenvalue weighted by Crippen LogP contribution is 2.26. The molecule has 0 spiro atoms. The zero-order chi connectivity index (χ0) is 13.0. The first kappa shape index (κ1) is 14.2. The van der Waals surface area contributed by atoms with Crippen LogP contribution in [0.15, 0.2) is 6.20 Å². The molecule has 4 heteroatoms. The molecule has 98 valence electrons. The molecule has 0 bridgehead atoms. The van der Waals surface area contributed by atoms with Crippen molar-refractivity contribution in [1.29, 1.82) is 0 Å². The lowest BCUT2D eigenvalue weighted by molar-refractivity contribution is 0.00262. The van der Waals surface area contributed by atoms with E-state index in [4.69, 9.17) is 4.74 Å². The van der Waals surface area contributed by atoms with Gasteiger partial charge in [-0.2, -0.15) is 5.10 Å². The van der Waals surface area contributed by atoms with Crippen LogP contribution in [0.3, 0.4) is 0 Å². The predicted molar refractivity (Wildman–Crippen MR) is 70.0 cm³/mol. The summed E-state index contributed by atoms with van der Waals surface area (Å²) >= 11 is 0. The molecule has 0 saturated heterocycles. The van der Waals surface area contributed by atoms with Crippen molar-refractivity contribution in [3.05, 3.63) is 17.5 Å². The summed E-state index contributed by atoms with van der Waals surface area (Å²) in [4.78, 5) is 0. The normalized spacial score (nSPS) is 15.2. The van der Waals surface area contributed by atoms with Crippen molar-refractivity contribution >= 4 is 0 Å². The van der Waals surface area contributed by atoms with Crippen molar-refractivity contribution in [2.24, 2.45) is 13.0 Å². The third-order valence-electron chi connectivity index (χ3n) is 3.13. The highest BCUT2D eigenvalue weighted by atomic mass is 16.5. The highest BCUT2D eigenvalue weighted by molar-refractivity contribution is 5.21. The van der Waals surface area contributed by atoms with Crippen LogP contribution in [0, 0.1) is 12.8 Å². The predicted octanol–water partition coefficient (Wildman–Crippen LogP) is 2.05. The van der Waals surface area contributed by atoms with Gasteiger partial charge in [0.25, 0.3) is 0 Å². The number of ether oxygens (including phenoxy) is 1. The summed E-state index contributed by atoms with van der Waals surface area (Å²) in [5.74, 6) is 0.460. The smallest absolute Gasteiger partial charge is 0.0807 e. The van der Waals surface area contributed by atoms with E-state index in [2.05, 4.69) is 31.2 Å². The maximum atomic E-state index is 5.89. The highest BCUT2D eigenvalue weighted by Gasteiger charge is 2.28. The van der Waals surface area contributed by atoms with E-state index in [-0.39, 0.29) is 12.1 Å². The molecular formula is C13H25N3O. The molecule has 1 N–H and O–H groups in total. The maximum Gasteiger partial charge on any atom is 0.0807 e. The van der Waals surface area contributed by atoms with Gasteiger partial charge in [0.05, 0.1) is 24.0 Å². The molecule has 0 fully saturated rings. The van der Waals surface area contributed by atoms with Gasteiger partial charge < -0.3 is 10.1 Å². The van der Waals surface area contributed by atoms with Crippen LogP contribution in [-0.4, -0.2) is 29.5 Å². The van der Waals surface area contributed by atoms with Crippen molar-refractivity contribution in [2.75, 3.05) is 13.7 Å². The van der Waals surface area contributed by atoms with Gasteiger partial charge in [0.2, 0.25) is 0 Å². The molecule has 0 aliphatic carbocycles. The molecule has 2 atom stereocenters. The van der Waals surface area contributed by atoms with E-state index in [0.29, 0.717) is 5.92 Å². The summed E-state index contributed by atoms with van der Waals surface area (Å²) in [6, 6.07) is 0.183. The average molecular weight is 239 g/mol. The third kappa shape index (κ3) is 3.07. The lowest BCUT2D eigenvalue weighted by Gasteiger charge is -2.30. The number of nitrogens with zero attached hydrogens (tertiary/aromatic N) is 2. The van der Waals surface area contributed by atoms with Crippen LogP contribution in [0.5, 0.6) is 0 Å². The molecule has 1 heterocycles. The van der Waals surface area contributed by atoms with Crippen molar-refractivity contribution in [1.82, 2.24) is 15.1 Å². The SMILES string of the molecule is CCOC(C(C)C)C(NC)c1c(C)cnn1C. The number of likely N-dealkylation sites (N-methyl/N-ethyl adjacent to an activating group) is 1. The first-order valence-corrected chi connectivity index (χ1v) is 6.30. The minimum atomic E-state index is 0.166. The Bertz CT molecular complexity index is 327. The van der Waals surface area contributed by atoms with Crippen LogP contribution in [0.1, 0.15) is 38.1 Å². The van der Waals surface area contributed by atoms with E-state index in [1.54, 1.807) is 0 Å². The molecule has 1 rings (SSSR count). The third-order valence-corrected chi connectivity index (χ3v) is 3.13. The lowest BCUT2D eigenvalue weighted by atomic mass is 9.95. The van der Waals surface area contributed by atoms with Gasteiger partial charge in [-0.05, 0) is 32.4 Å². The summed E-state index contributed by atoms with van der Waals surface area (Å²) in [5, 5.41) is 7.67. The summed E-state index contributed by atoms with van der Waals surface area (Å²) in [6.07, 6.45) is 2.07. The van der Waals surface area contributed by atoms with Gasteiger partial charge in [0.15, 0.2) is 0 Å². The van der Waals surface area contributed by atoms with E-state index < -0.39 is 0 Å². The molecule has 1 aromatic rings. The van der Waals surface area contributed by atoms with Crippen LogP contribution >= 0.6 is 0 Å². The zero-order valence-corrected chi connectivity index (χ0v) is 11.8. The van der Waals surface area contributed by atoms with E-state index >= 15 is 0 Å². The lowest BCUT2D eigenvalue weighted by Crippen LogP contribution is -2.37. The molecule has 0 aliphatic heterocycles. The Balaban J connectivity index is 3.04. The monoisotopic (exact) mass is 239 g/mol. The molecule has 2 unspecified atom stereocenters. The summed E-state index contributed by atoms with van der Waals surface area (Å²) in [7, 11) is 3.96. The second-order valence-electron chi connectivity index (χ2n) is 4.77. The number of aryl methyl sites for hydroxylation is 2. The molecule has 0 saturated carbocycles. The largest absolute Gasteiger partial charge is 0.376 e. The molecule has 17 heavy (non-hydrogen) atoms. The summed E-state index contributed by atoms with van der Waals surface area (Å²) in [5.41, 5.74) is 2.41. The van der Waals surface area contributed by atoms with E-state index in [1.807, 2.05) is 31.9 Å². The number of nitrogens with one attached hydrogen (secondary N) is 1. The average Bonchev–Trinajstić information content (AvgIpc) is 2.60. The molecule has 0 aromatic carbocycles. The van der Waals surface area contributed by atoms with Crippen molar-refractivity contribution in [3.8, 4) is 0 Å². The second-order valence-corrected chi connectivity index (χ2v) is 4.77. The number of rotatable bonds is 6. The minimum absolute atomic E-state index is 0.166. The standard InChI is InChI=1S/C13H25N3O/c1-7-17-13(9(2)3)11(14-5)12-10(4)8-15-16(12)6/h8-9,11,13-14H,7H2,1-6H3. The van der Waals surface area contributed by atoms with E-state index in [1.165, 1.54) is 11.3 Å². The van der Waals surface area contributed by atoms with Crippen molar-refractivity contribution in [3.63, 3.8) is 0 Å². The molecule has 0 amide bonds. The number of aromatic nitrogens is 2. The molecule has 4 nitrogen and oxygen atoms in total. The van der Waals surface area contributed by atoms with E-state index in [9.17, 15) is 0 Å². The van der Waals surface area contributed by atoms with Crippen LogP contribution < -0.4 is 5.32 Å². The number of hydrogen-bond acceptors (Lipinski definition) is 3. The van der Waals surface area contributed by atoms with Crippen LogP contribution in [-0.2, 0) is 11.8 Å². The second kappa shape index (κ2) is 6.17. The molecular weight excluding hydrogens is 214 g/mol. The van der Waals surface area contributed by atoms with Gasteiger partial charge in [0.1, 0.15) is 0 Å². The quantitative estimate of drug-likeness (QED) is 0.826. The Kier molecular flexibility index (Phi) is 5.15. The summed E-state index contributed by atoms with van der Waals surface area (Å²) < 4.78 is 7.82. The topological polar surface area (TPSA) is 39.1 Å². The van der Waals surface area contributed by atoms with Crippen LogP contribution in [0.4, 0.5) is 0 Å². The van der Waals surface area contributed by atoms with Crippen LogP contribution in [0.25, 0.3) is 0 Å². The fourth-order valence-corrected chi connectivity index (χ4v) is 2.33. The Morgan fingerprint density at radius 3 is 2.47 bits per heavy atom. The van der Waals surface area contributed by atoms with Crippen molar-refractivity contribution < 1.29 is 4.74 Å². The van der Waals surface area contributed by atoms with Gasteiger partial charge in [-0.15, -0.1) is 0 Å². The number of hydrogen-bond donors (Lipinski definition) is 1. The van der Waals surface area contributed by atoms with E-state index in [0.717, 1.165) is 6.61 Å². The fourth-order valence-electron chi connectivity index (χ4n) is 2.33. The maximum absolute atomic E-state index is 5.89. The van der Waals surface area contributed by atoms with Gasteiger partial charge in [0, 0.05) is 13.7 Å². The Hall–Kier alpha value is -0.870. The van der Waals surface area contributed by atoms with Gasteiger partial charge in [-0.3, -0.25) is 4.68 Å². The minimum Gasteiger partial charge on any atom is -0.376 e. The van der Waals surface area contributed by atoms with Gasteiger partial charge in [-0.1, -0.05) is 13.8 Å². The molecule has 0 radical (unpaired) electrons. The van der Waals surface area contributed by atoms with Crippen LogP contribution in [0.2, 0.25) is 0 Å². The molecule has 1 aromatic heterocycles. The first-order chi connectivity index (χ1) is 8.02. The first-order valence-electron chi connectivity index (χ1n) is 6.30. The Morgan fingerprint density at radius 1 is 1.47 bits per heavy atom. The van der Waals surface area contributed by atoms with Gasteiger partial charge >= 0.3 is 0 Å². The Morgan fingerprint density at radius 2 is 2.12 bits per heavy atom. The van der Waals surface area contributed by atoms with Gasteiger partial charge in [-0.25, -0.2) is 0 Å². The fraction of sp³-hybridized carbons (Fsp3) is 0.769. The zero-order valence-electron chi connectivity index (χ0n) is 11.8. The Labute approximate surface area is 104 Å². The van der Waals surface area contributed by atoms with Crippen molar-refractivity contribution in [2.45, 2.75) is 39.8 Å². The molecule has 0 aliphatic rings.